The van der Waals surface area contributed by atoms with Crippen molar-refractivity contribution in [3.8, 4) is 0 Å². The SMILES string of the molecule is CCCC(C)C(N)c1ccc(C)nc1C. The second kappa shape index (κ2) is 5.26. The van der Waals surface area contributed by atoms with E-state index in [1.54, 1.807) is 0 Å². The molecule has 0 radical (unpaired) electrons. The van der Waals surface area contributed by atoms with Gasteiger partial charge in [-0.05, 0) is 37.8 Å². The van der Waals surface area contributed by atoms with Gasteiger partial charge in [0, 0.05) is 17.4 Å². The number of hydrogen-bond donors (Lipinski definition) is 1. The van der Waals surface area contributed by atoms with Gasteiger partial charge in [0.15, 0.2) is 0 Å². The second-order valence-electron chi connectivity index (χ2n) is 4.42. The van der Waals surface area contributed by atoms with Crippen LogP contribution >= 0.6 is 0 Å². The summed E-state index contributed by atoms with van der Waals surface area (Å²) in [6, 6.07) is 4.29. The minimum atomic E-state index is 0.123. The molecule has 2 heteroatoms. The summed E-state index contributed by atoms with van der Waals surface area (Å²) in [5.74, 6) is 0.526. The minimum Gasteiger partial charge on any atom is -0.324 e. The molecular weight excluding hydrogens is 184 g/mol. The Morgan fingerprint density at radius 2 is 2.00 bits per heavy atom. The Kier molecular flexibility index (Phi) is 4.28. The van der Waals surface area contributed by atoms with Crippen LogP contribution in [0.2, 0.25) is 0 Å². The fourth-order valence-corrected chi connectivity index (χ4v) is 1.99. The third-order valence-electron chi connectivity index (χ3n) is 2.98. The first-order valence-electron chi connectivity index (χ1n) is 5.76. The Morgan fingerprint density at radius 3 is 2.53 bits per heavy atom. The molecule has 2 nitrogen and oxygen atoms in total. The molecular formula is C13H22N2. The summed E-state index contributed by atoms with van der Waals surface area (Å²) in [7, 11) is 0. The Balaban J connectivity index is 2.86. The van der Waals surface area contributed by atoms with Crippen molar-refractivity contribution in [2.24, 2.45) is 11.7 Å². The number of nitrogens with zero attached hydrogens (tertiary/aromatic N) is 1. The fourth-order valence-electron chi connectivity index (χ4n) is 1.99. The van der Waals surface area contributed by atoms with Gasteiger partial charge in [-0.3, -0.25) is 4.98 Å². The van der Waals surface area contributed by atoms with Crippen molar-refractivity contribution < 1.29 is 0 Å². The van der Waals surface area contributed by atoms with Crippen LogP contribution in [-0.2, 0) is 0 Å². The van der Waals surface area contributed by atoms with Gasteiger partial charge in [0.05, 0.1) is 0 Å². The van der Waals surface area contributed by atoms with Crippen molar-refractivity contribution in [1.82, 2.24) is 4.98 Å². The zero-order valence-electron chi connectivity index (χ0n) is 10.2. The van der Waals surface area contributed by atoms with Gasteiger partial charge in [0.1, 0.15) is 0 Å². The van der Waals surface area contributed by atoms with Crippen molar-refractivity contribution in [2.45, 2.75) is 46.6 Å². The van der Waals surface area contributed by atoms with E-state index in [0.29, 0.717) is 5.92 Å². The van der Waals surface area contributed by atoms with Crippen LogP contribution in [0.5, 0.6) is 0 Å². The summed E-state index contributed by atoms with van der Waals surface area (Å²) in [6.45, 7) is 8.47. The number of nitrogens with two attached hydrogens (primary N) is 1. The summed E-state index contributed by atoms with van der Waals surface area (Å²) >= 11 is 0. The Hall–Kier alpha value is -0.890. The lowest BCUT2D eigenvalue weighted by molar-refractivity contribution is 0.431. The highest BCUT2D eigenvalue weighted by Crippen LogP contribution is 2.24. The molecule has 84 valence electrons. The molecule has 2 atom stereocenters. The third-order valence-corrected chi connectivity index (χ3v) is 2.98. The molecule has 0 amide bonds. The molecule has 1 aromatic heterocycles. The molecule has 0 aromatic carbocycles. The summed E-state index contributed by atoms with van der Waals surface area (Å²) in [5.41, 5.74) is 9.57. The first-order valence-corrected chi connectivity index (χ1v) is 5.76. The Morgan fingerprint density at radius 1 is 1.33 bits per heavy atom. The number of aromatic nitrogens is 1. The summed E-state index contributed by atoms with van der Waals surface area (Å²) in [5, 5.41) is 0. The molecule has 0 fully saturated rings. The largest absolute Gasteiger partial charge is 0.324 e. The van der Waals surface area contributed by atoms with Gasteiger partial charge in [-0.1, -0.05) is 26.3 Å². The molecule has 0 saturated heterocycles. The van der Waals surface area contributed by atoms with E-state index < -0.39 is 0 Å². The maximum absolute atomic E-state index is 6.24. The highest BCUT2D eigenvalue weighted by Gasteiger charge is 2.16. The lowest BCUT2D eigenvalue weighted by atomic mass is 9.91. The van der Waals surface area contributed by atoms with Crippen LogP contribution in [0.15, 0.2) is 12.1 Å². The van der Waals surface area contributed by atoms with E-state index >= 15 is 0 Å². The third kappa shape index (κ3) is 3.03. The van der Waals surface area contributed by atoms with Crippen LogP contribution in [0.1, 0.15) is 49.7 Å². The quantitative estimate of drug-likeness (QED) is 0.822. The maximum Gasteiger partial charge on any atom is 0.0423 e. The molecule has 0 aliphatic rings. The molecule has 0 bridgehead atoms. The van der Waals surface area contributed by atoms with Crippen LogP contribution in [0, 0.1) is 19.8 Å². The fraction of sp³-hybridized carbons (Fsp3) is 0.615. The molecule has 15 heavy (non-hydrogen) atoms. The molecule has 2 unspecified atom stereocenters. The van der Waals surface area contributed by atoms with Gasteiger partial charge < -0.3 is 5.73 Å². The van der Waals surface area contributed by atoms with Crippen molar-refractivity contribution in [2.75, 3.05) is 0 Å². The minimum absolute atomic E-state index is 0.123. The van der Waals surface area contributed by atoms with Crippen LogP contribution in [0.25, 0.3) is 0 Å². The molecule has 0 spiro atoms. The zero-order chi connectivity index (χ0) is 11.4. The van der Waals surface area contributed by atoms with Crippen LogP contribution in [-0.4, -0.2) is 4.98 Å². The molecule has 1 aromatic rings. The number of hydrogen-bond acceptors (Lipinski definition) is 2. The summed E-state index contributed by atoms with van der Waals surface area (Å²) in [6.07, 6.45) is 2.36. The van der Waals surface area contributed by atoms with Crippen molar-refractivity contribution in [1.29, 1.82) is 0 Å². The molecule has 1 rings (SSSR count). The average molecular weight is 206 g/mol. The van der Waals surface area contributed by atoms with E-state index in [1.165, 1.54) is 18.4 Å². The highest BCUT2D eigenvalue weighted by atomic mass is 14.7. The number of pyridine rings is 1. The number of rotatable bonds is 4. The lowest BCUT2D eigenvalue weighted by Crippen LogP contribution is -2.20. The monoisotopic (exact) mass is 206 g/mol. The predicted octanol–water partition coefficient (Wildman–Crippen LogP) is 3.13. The van der Waals surface area contributed by atoms with Crippen molar-refractivity contribution in [3.05, 3.63) is 29.1 Å². The second-order valence-corrected chi connectivity index (χ2v) is 4.42. The van der Waals surface area contributed by atoms with E-state index in [1.807, 2.05) is 19.9 Å². The van der Waals surface area contributed by atoms with Gasteiger partial charge >= 0.3 is 0 Å². The zero-order valence-corrected chi connectivity index (χ0v) is 10.2. The number of aryl methyl sites for hydroxylation is 2. The molecule has 1 heterocycles. The van der Waals surface area contributed by atoms with Crippen molar-refractivity contribution >= 4 is 0 Å². The van der Waals surface area contributed by atoms with Gasteiger partial charge in [-0.2, -0.15) is 0 Å². The standard InChI is InChI=1S/C13H22N2/c1-5-6-9(2)13(14)12-8-7-10(3)15-11(12)4/h7-9,13H,5-6,14H2,1-4H3. The van der Waals surface area contributed by atoms with Gasteiger partial charge in [-0.25, -0.2) is 0 Å². The average Bonchev–Trinajstić information content (AvgIpc) is 2.17. The first kappa shape index (κ1) is 12.2. The van der Waals surface area contributed by atoms with E-state index in [4.69, 9.17) is 5.73 Å². The topological polar surface area (TPSA) is 38.9 Å². The summed E-state index contributed by atoms with van der Waals surface area (Å²) in [4.78, 5) is 4.46. The predicted molar refractivity (Wildman–Crippen MR) is 64.7 cm³/mol. The molecule has 2 N–H and O–H groups in total. The maximum atomic E-state index is 6.24. The van der Waals surface area contributed by atoms with E-state index in [0.717, 1.165) is 11.4 Å². The molecule has 0 aliphatic heterocycles. The van der Waals surface area contributed by atoms with E-state index in [2.05, 4.69) is 24.9 Å². The van der Waals surface area contributed by atoms with Crippen LogP contribution in [0.3, 0.4) is 0 Å². The molecule has 0 saturated carbocycles. The van der Waals surface area contributed by atoms with Crippen molar-refractivity contribution in [3.63, 3.8) is 0 Å². The first-order chi connectivity index (χ1) is 7.06. The van der Waals surface area contributed by atoms with Gasteiger partial charge in [-0.15, -0.1) is 0 Å². The van der Waals surface area contributed by atoms with Gasteiger partial charge in [0.2, 0.25) is 0 Å². The van der Waals surface area contributed by atoms with Crippen LogP contribution < -0.4 is 5.73 Å². The van der Waals surface area contributed by atoms with Gasteiger partial charge in [0.25, 0.3) is 0 Å². The lowest BCUT2D eigenvalue weighted by Gasteiger charge is -2.21. The highest BCUT2D eigenvalue weighted by molar-refractivity contribution is 5.25. The smallest absolute Gasteiger partial charge is 0.0423 e. The Labute approximate surface area is 92.9 Å². The normalized spacial score (nSPS) is 15.0. The summed E-state index contributed by atoms with van der Waals surface area (Å²) < 4.78 is 0. The Bertz CT molecular complexity index is 320. The molecule has 0 aliphatic carbocycles. The van der Waals surface area contributed by atoms with Crippen LogP contribution in [0.4, 0.5) is 0 Å². The van der Waals surface area contributed by atoms with E-state index in [9.17, 15) is 0 Å². The van der Waals surface area contributed by atoms with E-state index in [-0.39, 0.29) is 6.04 Å².